The predicted octanol–water partition coefficient (Wildman–Crippen LogP) is 3.10. The van der Waals surface area contributed by atoms with Gasteiger partial charge in [0.15, 0.2) is 17.2 Å². The highest BCUT2D eigenvalue weighted by atomic mass is 16.5. The summed E-state index contributed by atoms with van der Waals surface area (Å²) in [6.45, 7) is 3.89. The molecule has 2 heterocycles. The number of Topliss-reactive ketones (excluding diaryl/α,β-unsaturated/α-hetero) is 1. The lowest BCUT2D eigenvalue weighted by molar-refractivity contribution is -0.111. The first-order valence-corrected chi connectivity index (χ1v) is 10.3. The summed E-state index contributed by atoms with van der Waals surface area (Å²) in [5.74, 6) is 3.03. The Morgan fingerprint density at radius 3 is 2.40 bits per heavy atom. The normalized spacial score (nSPS) is 23.0. The van der Waals surface area contributed by atoms with Gasteiger partial charge in [0, 0.05) is 43.7 Å². The van der Waals surface area contributed by atoms with Crippen molar-refractivity contribution in [1.29, 1.82) is 0 Å². The summed E-state index contributed by atoms with van der Waals surface area (Å²) < 4.78 is 17.3. The molecule has 0 N–H and O–H groups in total. The van der Waals surface area contributed by atoms with Crippen LogP contribution in [-0.4, -0.2) is 58.1 Å². The van der Waals surface area contributed by atoms with Gasteiger partial charge in [-0.15, -0.1) is 0 Å². The fourth-order valence-electron chi connectivity index (χ4n) is 4.44. The number of ether oxygens (including phenoxy) is 3. The second kappa shape index (κ2) is 7.06. The van der Waals surface area contributed by atoms with Gasteiger partial charge in [-0.25, -0.2) is 0 Å². The predicted molar refractivity (Wildman–Crippen MR) is 116 cm³/mol. The highest BCUT2D eigenvalue weighted by Crippen LogP contribution is 2.56. The van der Waals surface area contributed by atoms with E-state index in [9.17, 15) is 4.79 Å². The van der Waals surface area contributed by atoms with E-state index in [1.54, 1.807) is 14.2 Å². The first-order chi connectivity index (χ1) is 14.6. The lowest BCUT2D eigenvalue weighted by Crippen LogP contribution is -2.44. The van der Waals surface area contributed by atoms with Gasteiger partial charge in [-0.05, 0) is 37.4 Å². The number of nitrogens with zero attached hydrogens (tertiary/aromatic N) is 2. The third kappa shape index (κ3) is 2.94. The molecule has 1 saturated carbocycles. The number of methoxy groups -OCH3 is 2. The maximum atomic E-state index is 12.6. The van der Waals surface area contributed by atoms with Crippen LogP contribution in [0.5, 0.6) is 17.2 Å². The highest BCUT2D eigenvalue weighted by molar-refractivity contribution is 6.11. The Kier molecular flexibility index (Phi) is 4.47. The van der Waals surface area contributed by atoms with Crippen LogP contribution in [0.25, 0.3) is 5.76 Å². The van der Waals surface area contributed by atoms with Gasteiger partial charge in [-0.2, -0.15) is 0 Å². The van der Waals surface area contributed by atoms with E-state index in [0.29, 0.717) is 23.7 Å². The van der Waals surface area contributed by atoms with Crippen LogP contribution in [0.3, 0.4) is 0 Å². The van der Waals surface area contributed by atoms with Gasteiger partial charge in [0.05, 0.1) is 25.3 Å². The monoisotopic (exact) mass is 406 g/mol. The van der Waals surface area contributed by atoms with E-state index in [0.717, 1.165) is 48.7 Å². The number of piperazine rings is 1. The van der Waals surface area contributed by atoms with Crippen LogP contribution in [0.1, 0.15) is 17.5 Å². The highest BCUT2D eigenvalue weighted by Gasteiger charge is 2.57. The topological polar surface area (TPSA) is 51.2 Å². The smallest absolute Gasteiger partial charge is 0.161 e. The fourth-order valence-corrected chi connectivity index (χ4v) is 4.44. The third-order valence-corrected chi connectivity index (χ3v) is 6.39. The number of ketones is 1. The van der Waals surface area contributed by atoms with Crippen LogP contribution in [0.15, 0.2) is 42.5 Å². The molecule has 156 valence electrons. The van der Waals surface area contributed by atoms with Crippen molar-refractivity contribution in [1.82, 2.24) is 4.90 Å². The van der Waals surface area contributed by atoms with E-state index in [2.05, 4.69) is 22.9 Å². The molecule has 2 aromatic rings. The van der Waals surface area contributed by atoms with Crippen molar-refractivity contribution >= 4 is 17.2 Å². The molecule has 1 aliphatic carbocycles. The minimum Gasteiger partial charge on any atom is -0.493 e. The molecular formula is C24H26N2O4. The Bertz CT molecular complexity index is 1040. The fraction of sp³-hybridized carbons (Fsp3) is 0.375. The summed E-state index contributed by atoms with van der Waals surface area (Å²) in [4.78, 5) is 17.3. The SMILES string of the molecule is COc1ccc(C2=CC3(CC3=O)c3cccc(N4CCN(C)CC4)c3O2)cc1OC. The van der Waals surface area contributed by atoms with Crippen molar-refractivity contribution in [2.75, 3.05) is 52.3 Å². The standard InChI is InChI=1S/C24H26N2O4/c1-25-9-11-26(12-10-25)18-6-4-5-17-23(18)30-21(14-24(17)15-22(24)27)16-7-8-19(28-2)20(13-16)29-3/h4-8,13-14H,9-12,15H2,1-3H3. The number of fused-ring (bicyclic) bond motifs is 2. The minimum atomic E-state index is -0.571. The molecule has 0 aromatic heterocycles. The summed E-state index contributed by atoms with van der Waals surface area (Å²) in [5, 5.41) is 0. The average molecular weight is 406 g/mol. The van der Waals surface area contributed by atoms with Crippen LogP contribution in [-0.2, 0) is 10.2 Å². The Balaban J connectivity index is 1.57. The van der Waals surface area contributed by atoms with Crippen molar-refractivity contribution in [2.45, 2.75) is 11.8 Å². The second-order valence-electron chi connectivity index (χ2n) is 8.20. The number of hydrogen-bond donors (Lipinski definition) is 0. The van der Waals surface area contributed by atoms with Gasteiger partial charge in [0.1, 0.15) is 11.5 Å². The molecule has 0 radical (unpaired) electrons. The zero-order chi connectivity index (χ0) is 20.9. The lowest BCUT2D eigenvalue weighted by Gasteiger charge is -2.36. The molecule has 6 nitrogen and oxygen atoms in total. The molecule has 5 rings (SSSR count). The molecule has 2 aliphatic heterocycles. The van der Waals surface area contributed by atoms with Gasteiger partial charge >= 0.3 is 0 Å². The molecule has 30 heavy (non-hydrogen) atoms. The van der Waals surface area contributed by atoms with E-state index in [4.69, 9.17) is 14.2 Å². The molecule has 0 bridgehead atoms. The van der Waals surface area contributed by atoms with Gasteiger partial charge in [0.2, 0.25) is 0 Å². The van der Waals surface area contributed by atoms with E-state index in [-0.39, 0.29) is 5.78 Å². The van der Waals surface area contributed by atoms with Crippen molar-refractivity contribution in [3.05, 3.63) is 53.6 Å². The first-order valence-electron chi connectivity index (χ1n) is 10.3. The molecule has 6 heteroatoms. The second-order valence-corrected chi connectivity index (χ2v) is 8.20. The summed E-state index contributed by atoms with van der Waals surface area (Å²) in [6.07, 6.45) is 2.50. The molecule has 3 aliphatic rings. The molecule has 2 fully saturated rings. The van der Waals surface area contributed by atoms with Crippen molar-refractivity contribution in [3.63, 3.8) is 0 Å². The van der Waals surface area contributed by atoms with Crippen LogP contribution in [0.4, 0.5) is 5.69 Å². The molecule has 2 aromatic carbocycles. The van der Waals surface area contributed by atoms with Crippen LogP contribution in [0.2, 0.25) is 0 Å². The van der Waals surface area contributed by atoms with E-state index in [1.807, 2.05) is 36.4 Å². The average Bonchev–Trinajstić information content (AvgIpc) is 3.42. The quantitative estimate of drug-likeness (QED) is 0.778. The number of allylic oxidation sites excluding steroid dienone is 1. The van der Waals surface area contributed by atoms with Gasteiger partial charge < -0.3 is 24.0 Å². The number of para-hydroxylation sites is 1. The zero-order valence-corrected chi connectivity index (χ0v) is 17.6. The number of carbonyl (C=O) groups is 1. The summed E-state index contributed by atoms with van der Waals surface area (Å²) in [7, 11) is 5.37. The van der Waals surface area contributed by atoms with Crippen LogP contribution in [0, 0.1) is 0 Å². The molecule has 1 atom stereocenters. The Morgan fingerprint density at radius 2 is 1.73 bits per heavy atom. The van der Waals surface area contributed by atoms with Gasteiger partial charge in [-0.1, -0.05) is 12.1 Å². The van der Waals surface area contributed by atoms with Crippen molar-refractivity contribution in [3.8, 4) is 17.2 Å². The Hall–Kier alpha value is -2.99. The third-order valence-electron chi connectivity index (χ3n) is 6.39. The largest absolute Gasteiger partial charge is 0.493 e. The van der Waals surface area contributed by atoms with Gasteiger partial charge in [-0.3, -0.25) is 4.79 Å². The number of anilines is 1. The van der Waals surface area contributed by atoms with Crippen molar-refractivity contribution < 1.29 is 19.0 Å². The van der Waals surface area contributed by atoms with Gasteiger partial charge in [0.25, 0.3) is 0 Å². The number of likely N-dealkylation sites (N-methyl/N-ethyl adjacent to an activating group) is 1. The summed E-state index contributed by atoms with van der Waals surface area (Å²) in [6, 6.07) is 11.9. The van der Waals surface area contributed by atoms with Crippen LogP contribution >= 0.6 is 0 Å². The molecule has 1 saturated heterocycles. The number of benzene rings is 2. The molecule has 0 amide bonds. The first kappa shape index (κ1) is 19.0. The molecule has 1 unspecified atom stereocenters. The summed E-state index contributed by atoms with van der Waals surface area (Å²) >= 11 is 0. The Morgan fingerprint density at radius 1 is 1.00 bits per heavy atom. The summed E-state index contributed by atoms with van der Waals surface area (Å²) in [5.41, 5.74) is 2.34. The maximum Gasteiger partial charge on any atom is 0.161 e. The number of carbonyl (C=O) groups excluding carboxylic acids is 1. The molecular weight excluding hydrogens is 380 g/mol. The number of rotatable bonds is 4. The number of hydrogen-bond acceptors (Lipinski definition) is 6. The molecule has 1 spiro atoms. The van der Waals surface area contributed by atoms with Crippen LogP contribution < -0.4 is 19.1 Å². The van der Waals surface area contributed by atoms with Crippen molar-refractivity contribution in [2.24, 2.45) is 0 Å². The zero-order valence-electron chi connectivity index (χ0n) is 17.6. The maximum absolute atomic E-state index is 12.6. The van der Waals surface area contributed by atoms with E-state index >= 15 is 0 Å². The van der Waals surface area contributed by atoms with E-state index in [1.165, 1.54) is 0 Å². The Labute approximate surface area is 176 Å². The minimum absolute atomic E-state index is 0.237. The lowest BCUT2D eigenvalue weighted by atomic mass is 9.89. The van der Waals surface area contributed by atoms with E-state index < -0.39 is 5.41 Å².